The van der Waals surface area contributed by atoms with Crippen molar-refractivity contribution in [3.8, 4) is 0 Å². The zero-order chi connectivity index (χ0) is 17.6. The first-order valence-corrected chi connectivity index (χ1v) is 10.1. The topological polar surface area (TPSA) is 69.6 Å². The van der Waals surface area contributed by atoms with Crippen LogP contribution in [0.1, 0.15) is 37.2 Å². The van der Waals surface area contributed by atoms with E-state index in [1.807, 2.05) is 18.6 Å². The number of fused-ring (bicyclic) bond motifs is 1. The summed E-state index contributed by atoms with van der Waals surface area (Å²) in [4.78, 5) is 14.1. The minimum absolute atomic E-state index is 0.0261. The van der Waals surface area contributed by atoms with Gasteiger partial charge in [-0.2, -0.15) is 0 Å². The second kappa shape index (κ2) is 6.53. The Labute approximate surface area is 156 Å². The lowest BCUT2D eigenvalue weighted by atomic mass is 10.1. The number of aromatic nitrogens is 4. The summed E-state index contributed by atoms with van der Waals surface area (Å²) in [5.41, 5.74) is 8.55. The Hall–Kier alpha value is -1.73. The first-order valence-electron chi connectivity index (χ1n) is 8.42. The van der Waals surface area contributed by atoms with E-state index in [2.05, 4.69) is 51.3 Å². The van der Waals surface area contributed by atoms with Gasteiger partial charge in [0.1, 0.15) is 10.8 Å². The number of nitrogens with zero attached hydrogens (tertiary/aromatic N) is 4. The number of rotatable bonds is 5. The van der Waals surface area contributed by atoms with Gasteiger partial charge in [0.05, 0.1) is 22.7 Å². The van der Waals surface area contributed by atoms with Crippen LogP contribution < -0.4 is 5.73 Å². The van der Waals surface area contributed by atoms with E-state index in [9.17, 15) is 0 Å². The lowest BCUT2D eigenvalue weighted by Gasteiger charge is -2.16. The molecule has 0 radical (unpaired) electrons. The summed E-state index contributed by atoms with van der Waals surface area (Å²) in [6, 6.07) is 2.08. The minimum atomic E-state index is -0.0261. The summed E-state index contributed by atoms with van der Waals surface area (Å²) in [6.07, 6.45) is 11.8. The van der Waals surface area contributed by atoms with E-state index in [1.165, 1.54) is 35.6 Å². The van der Waals surface area contributed by atoms with Crippen molar-refractivity contribution in [2.24, 2.45) is 5.92 Å². The van der Waals surface area contributed by atoms with Gasteiger partial charge in [0.25, 0.3) is 0 Å². The summed E-state index contributed by atoms with van der Waals surface area (Å²) in [5, 5.41) is 2.09. The van der Waals surface area contributed by atoms with Crippen LogP contribution in [0.3, 0.4) is 0 Å². The average molecular weight is 372 g/mol. The van der Waals surface area contributed by atoms with Gasteiger partial charge in [-0.05, 0) is 50.0 Å². The highest BCUT2D eigenvalue weighted by Crippen LogP contribution is 2.36. The molecule has 1 unspecified atom stereocenters. The summed E-state index contributed by atoms with van der Waals surface area (Å²) in [5.74, 6) is 1.97. The summed E-state index contributed by atoms with van der Waals surface area (Å²) in [6.45, 7) is 2.10. The number of pyridine rings is 1. The van der Waals surface area contributed by atoms with Crippen LogP contribution in [0.5, 0.6) is 0 Å². The quantitative estimate of drug-likeness (QED) is 0.403. The van der Waals surface area contributed by atoms with E-state index in [-0.39, 0.29) is 6.04 Å². The Morgan fingerprint density at radius 1 is 1.40 bits per heavy atom. The third kappa shape index (κ3) is 3.11. The lowest BCUT2D eigenvalue weighted by molar-refractivity contribution is 0.605. The number of anilines is 1. The van der Waals surface area contributed by atoms with E-state index in [1.54, 1.807) is 0 Å². The Balaban J connectivity index is 1.80. The highest BCUT2D eigenvalue weighted by atomic mass is 32.2. The van der Waals surface area contributed by atoms with E-state index in [0.717, 1.165) is 22.9 Å². The first kappa shape index (κ1) is 16.7. The molecule has 1 aliphatic carbocycles. The van der Waals surface area contributed by atoms with E-state index in [4.69, 9.17) is 5.73 Å². The molecule has 3 aromatic heterocycles. The zero-order valence-corrected chi connectivity index (χ0v) is 16.0. The molecular formula is C18H21N5S2. The predicted octanol–water partition coefficient (Wildman–Crippen LogP) is 3.98. The van der Waals surface area contributed by atoms with Gasteiger partial charge in [0.2, 0.25) is 0 Å². The molecule has 2 N–H and O–H groups in total. The third-order valence-electron chi connectivity index (χ3n) is 4.81. The molecule has 1 atom stereocenters. The monoisotopic (exact) mass is 371 g/mol. The van der Waals surface area contributed by atoms with Crippen LogP contribution in [0.2, 0.25) is 0 Å². The van der Waals surface area contributed by atoms with E-state index in [0.29, 0.717) is 16.5 Å². The largest absolute Gasteiger partial charge is 0.383 e. The maximum Gasteiger partial charge on any atom is 0.154 e. The van der Waals surface area contributed by atoms with Crippen LogP contribution in [-0.2, 0) is 6.42 Å². The molecule has 130 valence electrons. The Kier molecular flexibility index (Phi) is 4.37. The van der Waals surface area contributed by atoms with Crippen LogP contribution in [0.4, 0.5) is 5.82 Å². The highest BCUT2D eigenvalue weighted by molar-refractivity contribution is 7.99. The molecule has 0 spiro atoms. The van der Waals surface area contributed by atoms with Gasteiger partial charge in [-0.1, -0.05) is 0 Å². The first-order chi connectivity index (χ1) is 12.1. The van der Waals surface area contributed by atoms with Crippen LogP contribution in [0.15, 0.2) is 34.6 Å². The van der Waals surface area contributed by atoms with Crippen molar-refractivity contribution in [1.29, 1.82) is 0 Å². The molecule has 0 amide bonds. The number of thioether (sulfide) groups is 1. The Morgan fingerprint density at radius 2 is 2.20 bits per heavy atom. The zero-order valence-electron chi connectivity index (χ0n) is 14.3. The predicted molar refractivity (Wildman–Crippen MR) is 105 cm³/mol. The van der Waals surface area contributed by atoms with Crippen molar-refractivity contribution in [3.63, 3.8) is 0 Å². The van der Waals surface area contributed by atoms with Gasteiger partial charge in [-0.25, -0.2) is 9.97 Å². The molecule has 0 saturated heterocycles. The van der Waals surface area contributed by atoms with Crippen LogP contribution in [0.25, 0.3) is 10.9 Å². The van der Waals surface area contributed by atoms with Crippen molar-refractivity contribution in [2.45, 2.75) is 42.1 Å². The van der Waals surface area contributed by atoms with Gasteiger partial charge >= 0.3 is 0 Å². The SMILES string of the molecule is CSc1nc(C(C)n2cc(CC3CC3)c3ccncc32)nc(N)c1S. The van der Waals surface area contributed by atoms with Crippen LogP contribution >= 0.6 is 24.4 Å². The highest BCUT2D eigenvalue weighted by Gasteiger charge is 2.25. The van der Waals surface area contributed by atoms with Gasteiger partial charge in [0.15, 0.2) is 5.82 Å². The molecular weight excluding hydrogens is 350 g/mol. The molecule has 1 aliphatic rings. The van der Waals surface area contributed by atoms with Gasteiger partial charge in [-0.3, -0.25) is 4.98 Å². The Bertz CT molecular complexity index is 933. The van der Waals surface area contributed by atoms with Gasteiger partial charge < -0.3 is 10.3 Å². The third-order valence-corrected chi connectivity index (χ3v) is 6.08. The Morgan fingerprint density at radius 3 is 2.92 bits per heavy atom. The fraction of sp³-hybridized carbons (Fsp3) is 0.389. The summed E-state index contributed by atoms with van der Waals surface area (Å²) < 4.78 is 2.22. The second-order valence-corrected chi connectivity index (χ2v) is 7.84. The molecule has 5 nitrogen and oxygen atoms in total. The van der Waals surface area contributed by atoms with Crippen molar-refractivity contribution in [1.82, 2.24) is 19.5 Å². The number of thiol groups is 1. The maximum absolute atomic E-state index is 6.04. The second-order valence-electron chi connectivity index (χ2n) is 6.60. The summed E-state index contributed by atoms with van der Waals surface area (Å²) >= 11 is 5.95. The normalized spacial score (nSPS) is 15.6. The fourth-order valence-electron chi connectivity index (χ4n) is 3.21. The smallest absolute Gasteiger partial charge is 0.154 e. The minimum Gasteiger partial charge on any atom is -0.383 e. The number of hydrogen-bond donors (Lipinski definition) is 2. The van der Waals surface area contributed by atoms with Crippen molar-refractivity contribution >= 4 is 41.1 Å². The van der Waals surface area contributed by atoms with E-state index >= 15 is 0 Å². The van der Waals surface area contributed by atoms with Crippen LogP contribution in [0, 0.1) is 5.92 Å². The molecule has 1 saturated carbocycles. The molecule has 0 aromatic carbocycles. The molecule has 0 bridgehead atoms. The lowest BCUT2D eigenvalue weighted by Crippen LogP contribution is -2.12. The molecule has 7 heteroatoms. The molecule has 1 fully saturated rings. The maximum atomic E-state index is 6.04. The molecule has 25 heavy (non-hydrogen) atoms. The fourth-order valence-corrected chi connectivity index (χ4v) is 4.06. The van der Waals surface area contributed by atoms with Gasteiger partial charge in [-0.15, -0.1) is 24.4 Å². The molecule has 0 aliphatic heterocycles. The molecule has 4 rings (SSSR count). The summed E-state index contributed by atoms with van der Waals surface area (Å²) in [7, 11) is 0. The van der Waals surface area contributed by atoms with E-state index < -0.39 is 0 Å². The number of nitrogens with two attached hydrogens (primary N) is 1. The van der Waals surface area contributed by atoms with Gasteiger partial charge in [0, 0.05) is 17.8 Å². The number of nitrogen functional groups attached to an aromatic ring is 1. The van der Waals surface area contributed by atoms with Crippen molar-refractivity contribution in [2.75, 3.05) is 12.0 Å². The average Bonchev–Trinajstić information content (AvgIpc) is 3.37. The van der Waals surface area contributed by atoms with Crippen molar-refractivity contribution in [3.05, 3.63) is 36.0 Å². The standard InChI is InChI=1S/C18H21N5S2/c1-10(17-21-16(19)15(24)18(22-17)25-2)23-9-12(7-11-3-4-11)13-5-6-20-8-14(13)23/h5-6,8-11,24H,3-4,7H2,1-2H3,(H2,19,21,22). The number of hydrogen-bond acceptors (Lipinski definition) is 6. The molecule has 3 heterocycles. The van der Waals surface area contributed by atoms with Crippen molar-refractivity contribution < 1.29 is 0 Å². The molecule has 3 aromatic rings. The van der Waals surface area contributed by atoms with Crippen LogP contribution in [-0.4, -0.2) is 25.8 Å².